The molecule has 6 heteroatoms. The second kappa shape index (κ2) is 5.95. The van der Waals surface area contributed by atoms with Crippen molar-refractivity contribution in [3.8, 4) is 0 Å². The van der Waals surface area contributed by atoms with Crippen molar-refractivity contribution in [2.24, 2.45) is 5.73 Å². The number of hydrogen-bond acceptors (Lipinski definition) is 4. The number of likely N-dealkylation sites (N-methyl/N-ethyl adjacent to an activating group) is 1. The molecule has 0 saturated carbocycles. The highest BCUT2D eigenvalue weighted by atomic mass is 32.2. The maximum absolute atomic E-state index is 11.8. The Morgan fingerprint density at radius 2 is 2.25 bits per heavy atom. The fourth-order valence-corrected chi connectivity index (χ4v) is 3.06. The van der Waals surface area contributed by atoms with E-state index in [-0.39, 0.29) is 12.6 Å². The molecule has 96 valence electrons. The fraction of sp³-hybridized carbons (Fsp3) is 1.00. The summed E-state index contributed by atoms with van der Waals surface area (Å²) in [4.78, 5) is 2.27. The van der Waals surface area contributed by atoms with Gasteiger partial charge in [-0.15, -0.1) is 0 Å². The fourth-order valence-electron chi connectivity index (χ4n) is 1.91. The third kappa shape index (κ3) is 3.69. The Hall–Kier alpha value is -0.170. The lowest BCUT2D eigenvalue weighted by atomic mass is 10.1. The van der Waals surface area contributed by atoms with Gasteiger partial charge in [-0.2, -0.15) is 0 Å². The summed E-state index contributed by atoms with van der Waals surface area (Å²) in [5.41, 5.74) is 5.39. The van der Waals surface area contributed by atoms with Crippen molar-refractivity contribution in [2.45, 2.75) is 38.0 Å². The van der Waals surface area contributed by atoms with E-state index >= 15 is 0 Å². The lowest BCUT2D eigenvalue weighted by Gasteiger charge is -2.32. The van der Waals surface area contributed by atoms with Crippen LogP contribution in [0.4, 0.5) is 0 Å². The van der Waals surface area contributed by atoms with Crippen molar-refractivity contribution in [3.63, 3.8) is 0 Å². The average molecular weight is 249 g/mol. The zero-order valence-corrected chi connectivity index (χ0v) is 11.0. The van der Waals surface area contributed by atoms with Crippen LogP contribution in [0.15, 0.2) is 0 Å². The molecule has 0 aromatic rings. The average Bonchev–Trinajstić information content (AvgIpc) is 2.27. The summed E-state index contributed by atoms with van der Waals surface area (Å²) in [6, 6.07) is 0.0488. The van der Waals surface area contributed by atoms with E-state index in [9.17, 15) is 8.42 Å². The van der Waals surface area contributed by atoms with Crippen LogP contribution in [0.3, 0.4) is 0 Å². The summed E-state index contributed by atoms with van der Waals surface area (Å²) >= 11 is 0. The Balaban J connectivity index is 2.53. The maximum atomic E-state index is 11.8. The topological polar surface area (TPSA) is 75.4 Å². The second-order valence-electron chi connectivity index (χ2n) is 4.44. The molecule has 1 fully saturated rings. The highest BCUT2D eigenvalue weighted by Gasteiger charge is 2.26. The number of likely N-dealkylation sites (tertiary alicyclic amines) is 1. The van der Waals surface area contributed by atoms with Crippen molar-refractivity contribution in [1.82, 2.24) is 9.62 Å². The summed E-state index contributed by atoms with van der Waals surface area (Å²) in [5, 5.41) is -0.510. The summed E-state index contributed by atoms with van der Waals surface area (Å²) in [7, 11) is -3.24. The molecule has 0 aromatic carbocycles. The van der Waals surface area contributed by atoms with Gasteiger partial charge >= 0.3 is 0 Å². The van der Waals surface area contributed by atoms with Crippen LogP contribution in [-0.4, -0.2) is 50.8 Å². The summed E-state index contributed by atoms with van der Waals surface area (Å²) in [5.74, 6) is 0. The van der Waals surface area contributed by atoms with E-state index in [1.54, 1.807) is 6.92 Å². The van der Waals surface area contributed by atoms with Gasteiger partial charge in [-0.1, -0.05) is 6.92 Å². The van der Waals surface area contributed by atoms with Gasteiger partial charge in [0.15, 0.2) is 0 Å². The number of sulfonamides is 1. The molecule has 0 aliphatic carbocycles. The van der Waals surface area contributed by atoms with Crippen molar-refractivity contribution >= 4 is 10.0 Å². The van der Waals surface area contributed by atoms with E-state index in [1.807, 2.05) is 0 Å². The summed E-state index contributed by atoms with van der Waals surface area (Å²) in [6.45, 7) is 6.76. The minimum Gasteiger partial charge on any atom is -0.329 e. The predicted molar refractivity (Wildman–Crippen MR) is 65.7 cm³/mol. The first-order valence-corrected chi connectivity index (χ1v) is 7.47. The van der Waals surface area contributed by atoms with E-state index < -0.39 is 15.3 Å². The van der Waals surface area contributed by atoms with Crippen molar-refractivity contribution in [1.29, 1.82) is 0 Å². The summed E-state index contributed by atoms with van der Waals surface area (Å²) in [6.07, 6.45) is 1.98. The molecule has 2 atom stereocenters. The van der Waals surface area contributed by atoms with Crippen molar-refractivity contribution in [3.05, 3.63) is 0 Å². The third-order valence-corrected chi connectivity index (χ3v) is 5.06. The lowest BCUT2D eigenvalue weighted by Crippen LogP contribution is -2.50. The van der Waals surface area contributed by atoms with Gasteiger partial charge in [0, 0.05) is 19.1 Å². The number of piperidine rings is 1. The molecule has 1 aliphatic heterocycles. The third-order valence-electron chi connectivity index (χ3n) is 3.15. The molecule has 0 amide bonds. The molecule has 1 aliphatic rings. The van der Waals surface area contributed by atoms with E-state index in [0.29, 0.717) is 0 Å². The molecule has 5 nitrogen and oxygen atoms in total. The van der Waals surface area contributed by atoms with Crippen LogP contribution in [0.25, 0.3) is 0 Å². The molecule has 1 heterocycles. The van der Waals surface area contributed by atoms with Crippen LogP contribution in [0.1, 0.15) is 26.7 Å². The molecule has 1 rings (SSSR count). The standard InChI is InChI=1S/C10H23N3O2S/c1-3-13-6-4-5-10(8-13)12-16(14,15)9(2)7-11/h9-10,12H,3-8,11H2,1-2H3. The highest BCUT2D eigenvalue weighted by molar-refractivity contribution is 7.90. The van der Waals surface area contributed by atoms with Crippen LogP contribution >= 0.6 is 0 Å². The molecule has 2 unspecified atom stereocenters. The van der Waals surface area contributed by atoms with Gasteiger partial charge in [0.05, 0.1) is 5.25 Å². The van der Waals surface area contributed by atoms with Gasteiger partial charge in [-0.3, -0.25) is 0 Å². The van der Waals surface area contributed by atoms with Crippen molar-refractivity contribution < 1.29 is 8.42 Å². The quantitative estimate of drug-likeness (QED) is 0.704. The number of nitrogens with two attached hydrogens (primary N) is 1. The molecule has 3 N–H and O–H groups in total. The first kappa shape index (κ1) is 13.9. The molecular formula is C10H23N3O2S. The molecule has 1 saturated heterocycles. The number of hydrogen-bond donors (Lipinski definition) is 2. The minimum absolute atomic E-state index is 0.0488. The summed E-state index contributed by atoms with van der Waals surface area (Å²) < 4.78 is 26.4. The van der Waals surface area contributed by atoms with E-state index in [0.717, 1.165) is 32.5 Å². The Morgan fingerprint density at radius 3 is 2.81 bits per heavy atom. The van der Waals surface area contributed by atoms with Gasteiger partial charge in [0.2, 0.25) is 10.0 Å². The van der Waals surface area contributed by atoms with E-state index in [4.69, 9.17) is 5.73 Å². The number of rotatable bonds is 5. The van der Waals surface area contributed by atoms with E-state index in [1.165, 1.54) is 0 Å². The van der Waals surface area contributed by atoms with Gasteiger partial charge in [0.1, 0.15) is 0 Å². The van der Waals surface area contributed by atoms with Crippen LogP contribution in [-0.2, 0) is 10.0 Å². The zero-order chi connectivity index (χ0) is 12.2. The monoisotopic (exact) mass is 249 g/mol. The van der Waals surface area contributed by atoms with Gasteiger partial charge in [0.25, 0.3) is 0 Å². The van der Waals surface area contributed by atoms with Crippen LogP contribution in [0.2, 0.25) is 0 Å². The highest BCUT2D eigenvalue weighted by Crippen LogP contribution is 2.11. The number of nitrogens with zero attached hydrogens (tertiary/aromatic N) is 1. The smallest absolute Gasteiger partial charge is 0.215 e. The molecule has 0 aromatic heterocycles. The first-order chi connectivity index (χ1) is 7.49. The largest absolute Gasteiger partial charge is 0.329 e. The van der Waals surface area contributed by atoms with Crippen LogP contribution in [0.5, 0.6) is 0 Å². The molecule has 0 spiro atoms. The molecule has 0 bridgehead atoms. The predicted octanol–water partition coefficient (Wildman–Crippen LogP) is -0.263. The normalized spacial score (nSPS) is 25.6. The Kier molecular flexibility index (Phi) is 5.17. The molecular weight excluding hydrogens is 226 g/mol. The minimum atomic E-state index is -3.24. The van der Waals surface area contributed by atoms with Gasteiger partial charge < -0.3 is 10.6 Å². The Labute approximate surface area is 98.4 Å². The van der Waals surface area contributed by atoms with Crippen molar-refractivity contribution in [2.75, 3.05) is 26.2 Å². The Bertz CT molecular complexity index is 305. The maximum Gasteiger partial charge on any atom is 0.215 e. The van der Waals surface area contributed by atoms with Gasteiger partial charge in [-0.05, 0) is 32.9 Å². The SMILES string of the molecule is CCN1CCCC(NS(=O)(=O)C(C)CN)C1. The van der Waals surface area contributed by atoms with Crippen LogP contribution < -0.4 is 10.5 Å². The lowest BCUT2D eigenvalue weighted by molar-refractivity contribution is 0.211. The molecule has 16 heavy (non-hydrogen) atoms. The second-order valence-corrected chi connectivity index (χ2v) is 6.57. The van der Waals surface area contributed by atoms with Gasteiger partial charge in [-0.25, -0.2) is 13.1 Å². The Morgan fingerprint density at radius 1 is 1.56 bits per heavy atom. The first-order valence-electron chi connectivity index (χ1n) is 5.93. The van der Waals surface area contributed by atoms with Crippen LogP contribution in [0, 0.1) is 0 Å². The number of nitrogens with one attached hydrogen (secondary N) is 1. The van der Waals surface area contributed by atoms with E-state index in [2.05, 4.69) is 16.5 Å². The molecule has 0 radical (unpaired) electrons. The zero-order valence-electron chi connectivity index (χ0n) is 10.1.